The Morgan fingerprint density at radius 1 is 1.36 bits per heavy atom. The van der Waals surface area contributed by atoms with Crippen LogP contribution in [0.25, 0.3) is 10.9 Å². The van der Waals surface area contributed by atoms with Gasteiger partial charge >= 0.3 is 0 Å². The lowest BCUT2D eigenvalue weighted by molar-refractivity contribution is 0.0695. The van der Waals surface area contributed by atoms with Gasteiger partial charge in [-0.2, -0.15) is 0 Å². The highest BCUT2D eigenvalue weighted by Gasteiger charge is 2.24. The molecule has 2 N–H and O–H groups in total. The number of fused-ring (bicyclic) bond motifs is 1. The van der Waals surface area contributed by atoms with E-state index < -0.39 is 0 Å². The molecule has 2 heterocycles. The van der Waals surface area contributed by atoms with Gasteiger partial charge in [0.25, 0.3) is 5.91 Å². The summed E-state index contributed by atoms with van der Waals surface area (Å²) in [5.41, 5.74) is 8.20. The van der Waals surface area contributed by atoms with Crippen molar-refractivity contribution < 1.29 is 4.79 Å². The third-order valence-corrected chi connectivity index (χ3v) is 4.86. The van der Waals surface area contributed by atoms with Gasteiger partial charge in [-0.15, -0.1) is 0 Å². The molecule has 1 aliphatic heterocycles. The number of pyridine rings is 1. The maximum absolute atomic E-state index is 12.9. The number of carbonyl (C=O) groups is 1. The van der Waals surface area contributed by atoms with Gasteiger partial charge in [0.1, 0.15) is 0 Å². The number of nitrogens with two attached hydrogens (primary N) is 1. The van der Waals surface area contributed by atoms with Crippen molar-refractivity contribution in [2.45, 2.75) is 19.8 Å². The van der Waals surface area contributed by atoms with Gasteiger partial charge < -0.3 is 10.6 Å². The fourth-order valence-corrected chi connectivity index (χ4v) is 3.40. The number of aryl methyl sites for hydroxylation is 1. The molecule has 0 bridgehead atoms. The Morgan fingerprint density at radius 3 is 2.77 bits per heavy atom. The summed E-state index contributed by atoms with van der Waals surface area (Å²) >= 11 is 3.46. The molecule has 22 heavy (non-hydrogen) atoms. The molecule has 116 valence electrons. The molecule has 1 saturated heterocycles. The summed E-state index contributed by atoms with van der Waals surface area (Å²) in [4.78, 5) is 19.4. The quantitative estimate of drug-likeness (QED) is 0.893. The maximum Gasteiger partial charge on any atom is 0.254 e. The Hall–Kier alpha value is -1.46. The third-order valence-electron chi connectivity index (χ3n) is 4.37. The second-order valence-electron chi connectivity index (χ2n) is 5.94. The topological polar surface area (TPSA) is 59.2 Å². The van der Waals surface area contributed by atoms with Crippen molar-refractivity contribution in [2.75, 3.05) is 19.6 Å². The molecule has 1 aliphatic rings. The fraction of sp³-hybridized carbons (Fsp3) is 0.412. The minimum Gasteiger partial charge on any atom is -0.339 e. The van der Waals surface area contributed by atoms with Crippen LogP contribution in [-0.2, 0) is 0 Å². The van der Waals surface area contributed by atoms with Crippen molar-refractivity contribution in [3.8, 4) is 0 Å². The molecule has 0 atom stereocenters. The second-order valence-corrected chi connectivity index (χ2v) is 6.86. The van der Waals surface area contributed by atoms with Gasteiger partial charge in [-0.25, -0.2) is 0 Å². The van der Waals surface area contributed by atoms with Crippen molar-refractivity contribution >= 4 is 32.7 Å². The summed E-state index contributed by atoms with van der Waals surface area (Å²) in [7, 11) is 0. The first kappa shape index (κ1) is 15.4. The average molecular weight is 362 g/mol. The van der Waals surface area contributed by atoms with Crippen molar-refractivity contribution in [2.24, 2.45) is 11.7 Å². The number of hydrogen-bond donors (Lipinski definition) is 1. The van der Waals surface area contributed by atoms with E-state index in [1.807, 2.05) is 36.1 Å². The van der Waals surface area contributed by atoms with Gasteiger partial charge in [0.15, 0.2) is 0 Å². The normalized spacial score (nSPS) is 16.2. The van der Waals surface area contributed by atoms with E-state index >= 15 is 0 Å². The number of piperidine rings is 1. The summed E-state index contributed by atoms with van der Waals surface area (Å²) in [6, 6.07) is 7.77. The molecule has 1 fully saturated rings. The summed E-state index contributed by atoms with van der Waals surface area (Å²) in [6.45, 7) is 4.23. The minimum atomic E-state index is 0.105. The van der Waals surface area contributed by atoms with Crippen molar-refractivity contribution in [1.29, 1.82) is 0 Å². The molecule has 0 radical (unpaired) electrons. The van der Waals surface area contributed by atoms with Crippen LogP contribution in [0.5, 0.6) is 0 Å². The molecule has 1 aromatic carbocycles. The van der Waals surface area contributed by atoms with Gasteiger partial charge in [-0.3, -0.25) is 9.78 Å². The first-order valence-electron chi connectivity index (χ1n) is 7.64. The number of aromatic nitrogens is 1. The van der Waals surface area contributed by atoms with Gasteiger partial charge in [0.2, 0.25) is 0 Å². The van der Waals surface area contributed by atoms with E-state index in [4.69, 9.17) is 5.73 Å². The zero-order valence-corrected chi connectivity index (χ0v) is 14.3. The number of amides is 1. The third kappa shape index (κ3) is 3.01. The van der Waals surface area contributed by atoms with Crippen LogP contribution < -0.4 is 5.73 Å². The lowest BCUT2D eigenvalue weighted by Gasteiger charge is -2.31. The molecule has 4 nitrogen and oxygen atoms in total. The Morgan fingerprint density at radius 2 is 2.09 bits per heavy atom. The van der Waals surface area contributed by atoms with Gasteiger partial charge in [0.05, 0.1) is 11.1 Å². The lowest BCUT2D eigenvalue weighted by Crippen LogP contribution is -2.40. The number of rotatable bonds is 2. The average Bonchev–Trinajstić information content (AvgIpc) is 2.53. The van der Waals surface area contributed by atoms with E-state index in [0.29, 0.717) is 12.5 Å². The largest absolute Gasteiger partial charge is 0.339 e. The van der Waals surface area contributed by atoms with Gasteiger partial charge in [0, 0.05) is 28.6 Å². The Balaban J connectivity index is 1.94. The van der Waals surface area contributed by atoms with Gasteiger partial charge in [-0.1, -0.05) is 22.0 Å². The van der Waals surface area contributed by atoms with Crippen LogP contribution in [0.1, 0.15) is 28.9 Å². The molecule has 3 rings (SSSR count). The van der Waals surface area contributed by atoms with Crippen LogP contribution in [0.3, 0.4) is 0 Å². The highest BCUT2D eigenvalue weighted by Crippen LogP contribution is 2.25. The first-order chi connectivity index (χ1) is 10.6. The molecule has 1 amide bonds. The Labute approximate surface area is 138 Å². The number of carbonyl (C=O) groups excluding carboxylic acids is 1. The van der Waals surface area contributed by atoms with E-state index in [2.05, 4.69) is 20.9 Å². The number of hydrogen-bond acceptors (Lipinski definition) is 3. The van der Waals surface area contributed by atoms with Crippen molar-refractivity contribution in [3.05, 3.63) is 40.0 Å². The molecule has 1 aromatic heterocycles. The standard InChI is InChI=1S/C17H20BrN3O/c1-11-8-15(14-3-2-13(18)9-16(14)20-11)17(22)21-6-4-12(10-19)5-7-21/h2-3,8-9,12H,4-7,10,19H2,1H3. The maximum atomic E-state index is 12.9. The molecule has 0 unspecified atom stereocenters. The summed E-state index contributed by atoms with van der Waals surface area (Å²) in [5, 5.41) is 0.916. The van der Waals surface area contributed by atoms with Crippen LogP contribution in [0, 0.1) is 12.8 Å². The summed E-state index contributed by atoms with van der Waals surface area (Å²) < 4.78 is 0.972. The van der Waals surface area contributed by atoms with E-state index in [9.17, 15) is 4.79 Å². The van der Waals surface area contributed by atoms with E-state index in [-0.39, 0.29) is 5.91 Å². The minimum absolute atomic E-state index is 0.105. The molecule has 5 heteroatoms. The number of likely N-dealkylation sites (tertiary alicyclic amines) is 1. The fourth-order valence-electron chi connectivity index (χ4n) is 3.05. The molecule has 0 saturated carbocycles. The van der Waals surface area contributed by atoms with Gasteiger partial charge in [-0.05, 0) is 50.4 Å². The highest BCUT2D eigenvalue weighted by atomic mass is 79.9. The van der Waals surface area contributed by atoms with E-state index in [1.165, 1.54) is 0 Å². The van der Waals surface area contributed by atoms with Crippen LogP contribution >= 0.6 is 15.9 Å². The smallest absolute Gasteiger partial charge is 0.254 e. The van der Waals surface area contributed by atoms with Crippen LogP contribution in [0.15, 0.2) is 28.7 Å². The molecule has 0 aliphatic carbocycles. The monoisotopic (exact) mass is 361 g/mol. The summed E-state index contributed by atoms with van der Waals surface area (Å²) in [6.07, 6.45) is 1.99. The zero-order chi connectivity index (χ0) is 15.7. The molecular weight excluding hydrogens is 342 g/mol. The molecular formula is C17H20BrN3O. The van der Waals surface area contributed by atoms with Crippen molar-refractivity contribution in [1.82, 2.24) is 9.88 Å². The number of halogens is 1. The van der Waals surface area contributed by atoms with Crippen LogP contribution in [0.4, 0.5) is 0 Å². The second kappa shape index (κ2) is 6.34. The Kier molecular flexibility index (Phi) is 4.45. The molecule has 2 aromatic rings. The predicted octanol–water partition coefficient (Wildman–Crippen LogP) is 3.12. The predicted molar refractivity (Wildman–Crippen MR) is 91.9 cm³/mol. The first-order valence-corrected chi connectivity index (χ1v) is 8.44. The zero-order valence-electron chi connectivity index (χ0n) is 12.7. The lowest BCUT2D eigenvalue weighted by atomic mass is 9.96. The van der Waals surface area contributed by atoms with E-state index in [1.54, 1.807) is 0 Å². The SMILES string of the molecule is Cc1cc(C(=O)N2CCC(CN)CC2)c2ccc(Br)cc2n1. The molecule has 0 spiro atoms. The van der Waals surface area contributed by atoms with Crippen molar-refractivity contribution in [3.63, 3.8) is 0 Å². The van der Waals surface area contributed by atoms with E-state index in [0.717, 1.165) is 52.6 Å². The van der Waals surface area contributed by atoms with Crippen LogP contribution in [0.2, 0.25) is 0 Å². The number of nitrogens with zero attached hydrogens (tertiary/aromatic N) is 2. The highest BCUT2D eigenvalue weighted by molar-refractivity contribution is 9.10. The van der Waals surface area contributed by atoms with Crippen LogP contribution in [-0.4, -0.2) is 35.4 Å². The Bertz CT molecular complexity index is 703. The summed E-state index contributed by atoms with van der Waals surface area (Å²) in [5.74, 6) is 0.657. The number of benzene rings is 1.